The number of pyridine rings is 1. The first-order valence-electron chi connectivity index (χ1n) is 11.4. The number of aryl methyl sites for hydroxylation is 1. The summed E-state index contributed by atoms with van der Waals surface area (Å²) in [6, 6.07) is 17.3. The van der Waals surface area contributed by atoms with Gasteiger partial charge < -0.3 is 19.5 Å². The maximum absolute atomic E-state index is 5.88. The van der Waals surface area contributed by atoms with Gasteiger partial charge in [-0.25, -0.2) is 0 Å². The van der Waals surface area contributed by atoms with Crippen LogP contribution in [0, 0.1) is 13.8 Å². The van der Waals surface area contributed by atoms with E-state index in [-0.39, 0.29) is 18.2 Å². The molecule has 2 fully saturated rings. The van der Waals surface area contributed by atoms with Crippen molar-refractivity contribution in [3.8, 4) is 5.75 Å². The second kappa shape index (κ2) is 8.24. The molecule has 3 aromatic rings. The predicted octanol–water partition coefficient (Wildman–Crippen LogP) is 5.80. The number of hydrogen-bond donors (Lipinski definition) is 1. The maximum Gasteiger partial charge on any atom is 0.174 e. The van der Waals surface area contributed by atoms with Gasteiger partial charge in [0.1, 0.15) is 5.75 Å². The lowest BCUT2D eigenvalue weighted by molar-refractivity contribution is 0.242. The van der Waals surface area contributed by atoms with Gasteiger partial charge in [-0.05, 0) is 101 Å². The third kappa shape index (κ3) is 3.77. The van der Waals surface area contributed by atoms with Crippen LogP contribution in [0.1, 0.15) is 67.5 Å². The highest BCUT2D eigenvalue weighted by molar-refractivity contribution is 7.80. The Morgan fingerprint density at radius 2 is 1.84 bits per heavy atom. The van der Waals surface area contributed by atoms with E-state index in [1.54, 1.807) is 0 Å². The highest BCUT2D eigenvalue weighted by Gasteiger charge is 2.43. The Bertz CT molecular complexity index is 1120. The minimum atomic E-state index is -0.0246. The number of aromatic nitrogens is 2. The van der Waals surface area contributed by atoms with Crippen molar-refractivity contribution in [1.29, 1.82) is 0 Å². The Balaban J connectivity index is 1.59. The van der Waals surface area contributed by atoms with E-state index < -0.39 is 0 Å². The van der Waals surface area contributed by atoms with Crippen LogP contribution in [0.25, 0.3) is 0 Å². The van der Waals surface area contributed by atoms with E-state index in [2.05, 4.69) is 57.9 Å². The summed E-state index contributed by atoms with van der Waals surface area (Å²) in [4.78, 5) is 6.92. The molecule has 1 saturated heterocycles. The lowest BCUT2D eigenvalue weighted by Gasteiger charge is -2.28. The van der Waals surface area contributed by atoms with Crippen LogP contribution in [0.15, 0.2) is 54.7 Å². The number of benzene rings is 1. The van der Waals surface area contributed by atoms with E-state index in [4.69, 9.17) is 17.0 Å². The van der Waals surface area contributed by atoms with Crippen LogP contribution in [0.4, 0.5) is 5.69 Å². The molecule has 5 rings (SSSR count). The van der Waals surface area contributed by atoms with Crippen molar-refractivity contribution in [2.75, 3.05) is 4.90 Å². The van der Waals surface area contributed by atoms with Crippen LogP contribution >= 0.6 is 12.2 Å². The summed E-state index contributed by atoms with van der Waals surface area (Å²) in [5, 5.41) is 4.29. The second-order valence-corrected chi connectivity index (χ2v) is 9.47. The first kappa shape index (κ1) is 21.0. The predicted molar refractivity (Wildman–Crippen MR) is 132 cm³/mol. The molecule has 0 bridgehead atoms. The molecule has 1 aliphatic heterocycles. The molecule has 2 aliphatic rings. The van der Waals surface area contributed by atoms with E-state index >= 15 is 0 Å². The van der Waals surface area contributed by atoms with Crippen LogP contribution in [0.3, 0.4) is 0 Å². The summed E-state index contributed by atoms with van der Waals surface area (Å²) < 4.78 is 8.36. The average Bonchev–Trinajstić information content (AvgIpc) is 3.48. The fraction of sp³-hybridized carbons (Fsp3) is 0.385. The molecule has 0 amide bonds. The molecule has 1 aromatic carbocycles. The number of anilines is 1. The molecule has 2 aromatic heterocycles. The fourth-order valence-electron chi connectivity index (χ4n) is 4.90. The van der Waals surface area contributed by atoms with Crippen molar-refractivity contribution < 1.29 is 4.74 Å². The van der Waals surface area contributed by atoms with Crippen molar-refractivity contribution in [2.45, 2.75) is 64.8 Å². The molecule has 6 heteroatoms. The molecular formula is C26H30N4OS. The maximum atomic E-state index is 5.88. The Hall–Kier alpha value is -2.86. The van der Waals surface area contributed by atoms with Crippen LogP contribution in [-0.4, -0.2) is 20.8 Å². The molecule has 5 nitrogen and oxygen atoms in total. The SMILES string of the molecule is Cc1cc([C@@H]2[C@@H](c3ccccn3)NC(=S)N2c2ccc(OC(C)C)cc2)c(C)n1C1CC1. The van der Waals surface area contributed by atoms with E-state index in [1.165, 1.54) is 29.8 Å². The molecular weight excluding hydrogens is 416 g/mol. The van der Waals surface area contributed by atoms with Crippen molar-refractivity contribution in [3.05, 3.63) is 77.4 Å². The molecule has 1 N–H and O–H groups in total. The number of thiocarbonyl (C=S) groups is 1. The highest BCUT2D eigenvalue weighted by Crippen LogP contribution is 2.46. The quantitative estimate of drug-likeness (QED) is 0.485. The molecule has 0 unspecified atom stereocenters. The number of nitrogens with one attached hydrogen (secondary N) is 1. The lowest BCUT2D eigenvalue weighted by Crippen LogP contribution is -2.29. The van der Waals surface area contributed by atoms with Gasteiger partial charge in [0.15, 0.2) is 5.11 Å². The minimum Gasteiger partial charge on any atom is -0.491 e. The van der Waals surface area contributed by atoms with E-state index in [9.17, 15) is 0 Å². The summed E-state index contributed by atoms with van der Waals surface area (Å²) in [5.74, 6) is 0.867. The summed E-state index contributed by atoms with van der Waals surface area (Å²) in [5.41, 5.74) is 6.00. The van der Waals surface area contributed by atoms with Crippen molar-refractivity contribution in [2.24, 2.45) is 0 Å². The number of ether oxygens (including phenoxy) is 1. The zero-order valence-corrected chi connectivity index (χ0v) is 19.9. The number of hydrogen-bond acceptors (Lipinski definition) is 3. The Kier molecular flexibility index (Phi) is 5.41. The van der Waals surface area contributed by atoms with Crippen molar-refractivity contribution in [3.63, 3.8) is 0 Å². The smallest absolute Gasteiger partial charge is 0.174 e. The number of nitrogens with zero attached hydrogens (tertiary/aromatic N) is 3. The van der Waals surface area contributed by atoms with Gasteiger partial charge in [-0.1, -0.05) is 6.07 Å². The largest absolute Gasteiger partial charge is 0.491 e. The zero-order chi connectivity index (χ0) is 22.4. The van der Waals surface area contributed by atoms with Crippen molar-refractivity contribution in [1.82, 2.24) is 14.9 Å². The van der Waals surface area contributed by atoms with E-state index in [1.807, 2.05) is 44.3 Å². The van der Waals surface area contributed by atoms with Gasteiger partial charge in [-0.15, -0.1) is 0 Å². The van der Waals surface area contributed by atoms with Crippen LogP contribution in [0.5, 0.6) is 5.75 Å². The Morgan fingerprint density at radius 1 is 1.09 bits per heavy atom. The Labute approximate surface area is 195 Å². The summed E-state index contributed by atoms with van der Waals surface area (Å²) in [7, 11) is 0. The van der Waals surface area contributed by atoms with Gasteiger partial charge in [-0.2, -0.15) is 0 Å². The van der Waals surface area contributed by atoms with Gasteiger partial charge in [-0.3, -0.25) is 4.98 Å². The highest BCUT2D eigenvalue weighted by atomic mass is 32.1. The molecule has 32 heavy (non-hydrogen) atoms. The van der Waals surface area contributed by atoms with Crippen molar-refractivity contribution >= 4 is 23.0 Å². The monoisotopic (exact) mass is 446 g/mol. The third-order valence-corrected chi connectivity index (χ3v) is 6.65. The van der Waals surface area contributed by atoms with Gasteiger partial charge >= 0.3 is 0 Å². The molecule has 0 radical (unpaired) electrons. The first-order chi connectivity index (χ1) is 15.4. The van der Waals surface area contributed by atoms with Crippen LogP contribution in [0.2, 0.25) is 0 Å². The normalized spacial score (nSPS) is 20.7. The first-order valence-corrected chi connectivity index (χ1v) is 11.8. The summed E-state index contributed by atoms with van der Waals surface area (Å²) in [6.07, 6.45) is 4.53. The topological polar surface area (TPSA) is 42.3 Å². The molecule has 3 heterocycles. The van der Waals surface area contributed by atoms with Gasteiger partial charge in [0.05, 0.1) is 23.9 Å². The average molecular weight is 447 g/mol. The molecule has 1 aliphatic carbocycles. The lowest BCUT2D eigenvalue weighted by atomic mass is 9.96. The molecule has 166 valence electrons. The molecule has 0 spiro atoms. The van der Waals surface area contributed by atoms with E-state index in [0.29, 0.717) is 6.04 Å². The van der Waals surface area contributed by atoms with Gasteiger partial charge in [0.2, 0.25) is 0 Å². The third-order valence-electron chi connectivity index (χ3n) is 6.34. The Morgan fingerprint density at radius 3 is 2.47 bits per heavy atom. The van der Waals surface area contributed by atoms with Crippen LogP contribution in [-0.2, 0) is 0 Å². The minimum absolute atomic E-state index is 0.0213. The fourth-order valence-corrected chi connectivity index (χ4v) is 5.25. The summed E-state index contributed by atoms with van der Waals surface area (Å²) in [6.45, 7) is 8.54. The van der Waals surface area contributed by atoms with Gasteiger partial charge in [0.25, 0.3) is 0 Å². The zero-order valence-electron chi connectivity index (χ0n) is 19.1. The molecule has 2 atom stereocenters. The van der Waals surface area contributed by atoms with E-state index in [0.717, 1.165) is 22.2 Å². The summed E-state index contributed by atoms with van der Waals surface area (Å²) >= 11 is 5.88. The second-order valence-electron chi connectivity index (χ2n) is 9.08. The molecule has 1 saturated carbocycles. The number of rotatable bonds is 6. The van der Waals surface area contributed by atoms with Crippen LogP contribution < -0.4 is 15.0 Å². The van der Waals surface area contributed by atoms with Gasteiger partial charge in [0, 0.05) is 29.3 Å². The standard InChI is InChI=1S/C26H30N4OS/c1-16(2)31-21-12-10-20(11-13-21)30-25(22-15-17(3)29(18(22)4)19-8-9-19)24(28-26(30)32)23-7-5-6-14-27-23/h5-7,10-16,19,24-25H,8-9H2,1-4H3,(H,28,32)/t24-,25-/m1/s1.